The molecule has 0 fully saturated rings. The van der Waals surface area contributed by atoms with Crippen LogP contribution in [0.3, 0.4) is 0 Å². The minimum Gasteiger partial charge on any atom is -0.780 e. The smallest absolute Gasteiger partial charge is 0.124 e. The van der Waals surface area contributed by atoms with Crippen LogP contribution in [-0.4, -0.2) is 0 Å². The van der Waals surface area contributed by atoms with Crippen molar-refractivity contribution in [2.24, 2.45) is 0 Å². The van der Waals surface area contributed by atoms with E-state index in [4.69, 9.17) is 0 Å². The van der Waals surface area contributed by atoms with Crippen LogP contribution in [0.25, 0.3) is 0 Å². The molecule has 0 bridgehead atoms. The number of phosphoric acid groups is 1. The van der Waals surface area contributed by atoms with E-state index < -0.39 is 7.82 Å². The Morgan fingerprint density at radius 2 is 1.67 bits per heavy atom. The Kier molecular flexibility index (Phi) is 4.78. The molecule has 1 aromatic rings. The Morgan fingerprint density at radius 3 is 2.08 bits per heavy atom. The molecule has 0 N–H and O–H groups in total. The molecular formula is C6H5AgO4P-2. The van der Waals surface area contributed by atoms with Crippen molar-refractivity contribution in [2.75, 3.05) is 0 Å². The topological polar surface area (TPSA) is 72.4 Å². The number of para-hydroxylation sites is 1. The summed E-state index contributed by atoms with van der Waals surface area (Å²) in [5.74, 6) is 0.0424. The molecule has 0 saturated heterocycles. The van der Waals surface area contributed by atoms with Gasteiger partial charge in [-0.3, -0.25) is 0 Å². The zero-order valence-corrected chi connectivity index (χ0v) is 8.15. The summed E-state index contributed by atoms with van der Waals surface area (Å²) in [6.07, 6.45) is 0. The molecule has 0 spiro atoms. The molecule has 1 rings (SSSR count). The number of phosphoric ester groups is 1. The Balaban J connectivity index is 0.00000121. The van der Waals surface area contributed by atoms with Gasteiger partial charge < -0.3 is 18.9 Å². The molecule has 4 nitrogen and oxygen atoms in total. The Bertz CT molecular complexity index is 270. The van der Waals surface area contributed by atoms with E-state index >= 15 is 0 Å². The standard InChI is InChI=1S/C6H7O4P.Ag/c7-11(8,9)10-6-4-2-1-3-5-6;/h1-5H,(H2,7,8,9);/p-2. The van der Waals surface area contributed by atoms with Gasteiger partial charge in [-0.1, -0.05) is 18.2 Å². The first kappa shape index (κ1) is 11.9. The zero-order chi connectivity index (χ0) is 8.32. The number of benzene rings is 1. The average molecular weight is 280 g/mol. The van der Waals surface area contributed by atoms with Crippen LogP contribution in [0.15, 0.2) is 30.3 Å². The molecule has 0 saturated carbocycles. The van der Waals surface area contributed by atoms with Crippen molar-refractivity contribution in [1.82, 2.24) is 0 Å². The summed E-state index contributed by atoms with van der Waals surface area (Å²) in [6, 6.07) is 7.62. The van der Waals surface area contributed by atoms with Crippen LogP contribution < -0.4 is 14.3 Å². The van der Waals surface area contributed by atoms with E-state index in [1.807, 2.05) is 0 Å². The van der Waals surface area contributed by atoms with Crippen molar-refractivity contribution >= 4 is 7.82 Å². The van der Waals surface area contributed by atoms with Crippen LogP contribution in [-0.2, 0) is 26.9 Å². The van der Waals surface area contributed by atoms with Gasteiger partial charge in [-0.05, 0) is 12.1 Å². The van der Waals surface area contributed by atoms with Gasteiger partial charge in [-0.2, -0.15) is 0 Å². The van der Waals surface area contributed by atoms with Crippen molar-refractivity contribution in [3.63, 3.8) is 0 Å². The van der Waals surface area contributed by atoms with E-state index in [9.17, 15) is 14.4 Å². The van der Waals surface area contributed by atoms with Gasteiger partial charge in [0.05, 0.1) is 0 Å². The second kappa shape index (κ2) is 4.82. The second-order valence-electron chi connectivity index (χ2n) is 1.85. The van der Waals surface area contributed by atoms with E-state index in [-0.39, 0.29) is 28.1 Å². The predicted molar refractivity (Wildman–Crippen MR) is 34.7 cm³/mol. The van der Waals surface area contributed by atoms with Crippen molar-refractivity contribution in [1.29, 1.82) is 0 Å². The first-order valence-corrected chi connectivity index (χ1v) is 4.31. The zero-order valence-electron chi connectivity index (χ0n) is 5.77. The van der Waals surface area contributed by atoms with E-state index in [0.717, 1.165) is 0 Å². The molecule has 1 radical (unpaired) electrons. The van der Waals surface area contributed by atoms with Gasteiger partial charge in [0.2, 0.25) is 0 Å². The molecular weight excluding hydrogens is 275 g/mol. The maximum Gasteiger partial charge on any atom is 0.124 e. The number of hydrogen-bond acceptors (Lipinski definition) is 4. The van der Waals surface area contributed by atoms with Crippen molar-refractivity contribution in [3.8, 4) is 5.75 Å². The summed E-state index contributed by atoms with van der Waals surface area (Å²) in [5.41, 5.74) is 0. The van der Waals surface area contributed by atoms with Gasteiger partial charge in [-0.15, -0.1) is 0 Å². The molecule has 0 amide bonds. The van der Waals surface area contributed by atoms with Crippen LogP contribution in [0.2, 0.25) is 0 Å². The number of rotatable bonds is 2. The van der Waals surface area contributed by atoms with Gasteiger partial charge in [0.15, 0.2) is 0 Å². The maximum atomic E-state index is 10.1. The Hall–Kier alpha value is -0.0897. The fourth-order valence-electron chi connectivity index (χ4n) is 0.610. The van der Waals surface area contributed by atoms with E-state index in [2.05, 4.69) is 4.52 Å². The summed E-state index contributed by atoms with van der Waals surface area (Å²) >= 11 is 0. The van der Waals surface area contributed by atoms with Crippen LogP contribution in [0.1, 0.15) is 0 Å². The third kappa shape index (κ3) is 4.72. The van der Waals surface area contributed by atoms with Gasteiger partial charge >= 0.3 is 0 Å². The quantitative estimate of drug-likeness (QED) is 0.559. The molecule has 0 heterocycles. The third-order valence-electron chi connectivity index (χ3n) is 0.960. The number of hydrogen-bond donors (Lipinski definition) is 0. The largest absolute Gasteiger partial charge is 0.780 e. The van der Waals surface area contributed by atoms with Gasteiger partial charge in [0.25, 0.3) is 0 Å². The average Bonchev–Trinajstić information content (AvgIpc) is 1.85. The summed E-state index contributed by atoms with van der Waals surface area (Å²) in [5, 5.41) is 0. The first-order chi connectivity index (χ1) is 5.08. The van der Waals surface area contributed by atoms with Crippen molar-refractivity contribution in [2.45, 2.75) is 0 Å². The van der Waals surface area contributed by atoms with Crippen LogP contribution in [0, 0.1) is 0 Å². The Morgan fingerprint density at radius 1 is 1.17 bits per heavy atom. The molecule has 6 heteroatoms. The fraction of sp³-hybridized carbons (Fsp3) is 0. The normalized spacial score (nSPS) is 10.2. The third-order valence-corrected chi connectivity index (χ3v) is 1.39. The molecule has 0 unspecified atom stereocenters. The van der Waals surface area contributed by atoms with Gasteiger partial charge in [-0.25, -0.2) is 0 Å². The fourth-order valence-corrected chi connectivity index (χ4v) is 0.990. The predicted octanol–water partition coefficient (Wildman–Crippen LogP) is -0.108. The van der Waals surface area contributed by atoms with E-state index in [1.165, 1.54) is 12.1 Å². The van der Waals surface area contributed by atoms with Crippen LogP contribution in [0.5, 0.6) is 5.75 Å². The summed E-state index contributed by atoms with van der Waals surface area (Å²) in [4.78, 5) is 20.1. The van der Waals surface area contributed by atoms with E-state index in [1.54, 1.807) is 18.2 Å². The SMILES string of the molecule is O=P([O-])([O-])Oc1ccccc1.[Ag]. The molecule has 71 valence electrons. The molecule has 0 atom stereocenters. The monoisotopic (exact) mass is 279 g/mol. The molecule has 0 aliphatic carbocycles. The Labute approximate surface area is 85.3 Å². The molecule has 0 aromatic heterocycles. The van der Waals surface area contributed by atoms with Crippen LogP contribution >= 0.6 is 7.82 Å². The second-order valence-corrected chi connectivity index (χ2v) is 2.93. The summed E-state index contributed by atoms with van der Waals surface area (Å²) in [7, 11) is -4.89. The minimum atomic E-state index is -4.89. The van der Waals surface area contributed by atoms with Crippen molar-refractivity contribution in [3.05, 3.63) is 30.3 Å². The van der Waals surface area contributed by atoms with Crippen LogP contribution in [0.4, 0.5) is 0 Å². The molecule has 0 aliphatic rings. The minimum absolute atomic E-state index is 0. The van der Waals surface area contributed by atoms with Gasteiger partial charge in [0, 0.05) is 22.4 Å². The summed E-state index contributed by atoms with van der Waals surface area (Å²) < 4.78 is 14.1. The molecule has 0 aliphatic heterocycles. The first-order valence-electron chi connectivity index (χ1n) is 2.85. The molecule has 12 heavy (non-hydrogen) atoms. The van der Waals surface area contributed by atoms with Crippen molar-refractivity contribution < 1.29 is 41.3 Å². The van der Waals surface area contributed by atoms with E-state index in [0.29, 0.717) is 0 Å². The summed E-state index contributed by atoms with van der Waals surface area (Å²) in [6.45, 7) is 0. The van der Waals surface area contributed by atoms with Gasteiger partial charge in [0.1, 0.15) is 13.6 Å². The molecule has 1 aromatic carbocycles. The maximum absolute atomic E-state index is 10.1.